The highest BCUT2D eigenvalue weighted by Gasteiger charge is 2.29. The summed E-state index contributed by atoms with van der Waals surface area (Å²) in [7, 11) is 0. The summed E-state index contributed by atoms with van der Waals surface area (Å²) in [4.78, 5) is 10.8. The van der Waals surface area contributed by atoms with Gasteiger partial charge in [0, 0.05) is 3.57 Å². The lowest BCUT2D eigenvalue weighted by molar-refractivity contribution is -0.152. The van der Waals surface area contributed by atoms with Crippen molar-refractivity contribution in [2.75, 3.05) is 0 Å². The summed E-state index contributed by atoms with van der Waals surface area (Å²) in [5.41, 5.74) is -1.19. The monoisotopic (exact) mass is 306 g/mol. The van der Waals surface area contributed by atoms with E-state index in [0.29, 0.717) is 5.75 Å². The molecule has 14 heavy (non-hydrogen) atoms. The molecule has 0 aliphatic heterocycles. The summed E-state index contributed by atoms with van der Waals surface area (Å²) in [6, 6.07) is 7.25. The van der Waals surface area contributed by atoms with E-state index < -0.39 is 11.6 Å². The van der Waals surface area contributed by atoms with Crippen molar-refractivity contribution in [3.63, 3.8) is 0 Å². The van der Waals surface area contributed by atoms with Crippen molar-refractivity contribution in [1.82, 2.24) is 0 Å². The van der Waals surface area contributed by atoms with E-state index in [1.807, 2.05) is 12.1 Å². The fraction of sp³-hybridized carbons (Fsp3) is 0.300. The molecule has 0 fully saturated rings. The molecule has 0 aliphatic rings. The normalized spacial score (nSPS) is 11.1. The number of benzene rings is 1. The number of halogens is 1. The number of carbonyl (C=O) groups is 1. The lowest BCUT2D eigenvalue weighted by Gasteiger charge is -2.21. The highest BCUT2D eigenvalue weighted by molar-refractivity contribution is 14.1. The number of hydrogen-bond acceptors (Lipinski definition) is 2. The second-order valence-electron chi connectivity index (χ2n) is 3.37. The van der Waals surface area contributed by atoms with Gasteiger partial charge in [0.25, 0.3) is 0 Å². The molecule has 0 radical (unpaired) electrons. The lowest BCUT2D eigenvalue weighted by atomic mass is 10.1. The molecular weight excluding hydrogens is 295 g/mol. The molecule has 0 unspecified atom stereocenters. The van der Waals surface area contributed by atoms with E-state index in [-0.39, 0.29) is 0 Å². The van der Waals surface area contributed by atoms with Gasteiger partial charge >= 0.3 is 5.97 Å². The number of carboxylic acids is 1. The van der Waals surface area contributed by atoms with Gasteiger partial charge in [0.2, 0.25) is 0 Å². The van der Waals surface area contributed by atoms with Gasteiger partial charge in [-0.3, -0.25) is 0 Å². The van der Waals surface area contributed by atoms with Gasteiger partial charge in [-0.1, -0.05) is 0 Å². The summed E-state index contributed by atoms with van der Waals surface area (Å²) in [5, 5.41) is 8.83. The lowest BCUT2D eigenvalue weighted by Crippen LogP contribution is -2.37. The number of ether oxygens (including phenoxy) is 1. The summed E-state index contributed by atoms with van der Waals surface area (Å²) in [6.45, 7) is 3.04. The first-order chi connectivity index (χ1) is 6.42. The highest BCUT2D eigenvalue weighted by Crippen LogP contribution is 2.19. The van der Waals surface area contributed by atoms with Gasteiger partial charge in [0.15, 0.2) is 5.60 Å². The van der Waals surface area contributed by atoms with Gasteiger partial charge in [-0.2, -0.15) is 0 Å². The van der Waals surface area contributed by atoms with Crippen LogP contribution in [0.25, 0.3) is 0 Å². The van der Waals surface area contributed by atoms with Crippen molar-refractivity contribution in [2.45, 2.75) is 19.4 Å². The molecule has 0 aliphatic carbocycles. The van der Waals surface area contributed by atoms with Crippen molar-refractivity contribution >= 4 is 28.6 Å². The second-order valence-corrected chi connectivity index (χ2v) is 4.62. The van der Waals surface area contributed by atoms with E-state index in [1.165, 1.54) is 13.8 Å². The maximum Gasteiger partial charge on any atom is 0.347 e. The van der Waals surface area contributed by atoms with Crippen molar-refractivity contribution in [3.05, 3.63) is 27.8 Å². The van der Waals surface area contributed by atoms with Crippen LogP contribution in [0.15, 0.2) is 24.3 Å². The molecule has 1 rings (SSSR count). The summed E-state index contributed by atoms with van der Waals surface area (Å²) < 4.78 is 6.40. The van der Waals surface area contributed by atoms with E-state index in [0.717, 1.165) is 3.57 Å². The quantitative estimate of drug-likeness (QED) is 0.873. The Hall–Kier alpha value is -0.780. The molecule has 4 heteroatoms. The Morgan fingerprint density at radius 2 is 1.86 bits per heavy atom. The molecule has 1 N–H and O–H groups in total. The molecule has 0 bridgehead atoms. The molecule has 0 spiro atoms. The Bertz CT molecular complexity index is 330. The highest BCUT2D eigenvalue weighted by atomic mass is 127. The number of rotatable bonds is 3. The molecule has 1 aromatic carbocycles. The van der Waals surface area contributed by atoms with Crippen LogP contribution in [0.4, 0.5) is 0 Å². The van der Waals surface area contributed by atoms with E-state index >= 15 is 0 Å². The first-order valence-corrected chi connectivity index (χ1v) is 5.18. The molecule has 0 heterocycles. The van der Waals surface area contributed by atoms with Crippen LogP contribution in [0.5, 0.6) is 5.75 Å². The van der Waals surface area contributed by atoms with Crippen LogP contribution in [0.1, 0.15) is 13.8 Å². The van der Waals surface area contributed by atoms with E-state index in [4.69, 9.17) is 9.84 Å². The average Bonchev–Trinajstić information content (AvgIpc) is 2.08. The van der Waals surface area contributed by atoms with Crippen molar-refractivity contribution < 1.29 is 14.6 Å². The first-order valence-electron chi connectivity index (χ1n) is 4.10. The van der Waals surface area contributed by atoms with Crippen LogP contribution in [0.2, 0.25) is 0 Å². The van der Waals surface area contributed by atoms with Gasteiger partial charge in [-0.25, -0.2) is 4.79 Å². The van der Waals surface area contributed by atoms with Gasteiger partial charge in [-0.05, 0) is 60.7 Å². The van der Waals surface area contributed by atoms with Gasteiger partial charge < -0.3 is 9.84 Å². The maximum atomic E-state index is 10.8. The first kappa shape index (κ1) is 11.3. The molecular formula is C10H11IO3. The predicted octanol–water partition coefficient (Wildman–Crippen LogP) is 2.53. The third-order valence-electron chi connectivity index (χ3n) is 1.70. The summed E-state index contributed by atoms with van der Waals surface area (Å²) in [6.07, 6.45) is 0. The molecule has 0 saturated heterocycles. The SMILES string of the molecule is CC(C)(Oc1ccc(I)cc1)C(=O)O. The predicted molar refractivity (Wildman–Crippen MR) is 61.5 cm³/mol. The minimum Gasteiger partial charge on any atom is -0.478 e. The van der Waals surface area contributed by atoms with Crippen LogP contribution in [-0.2, 0) is 4.79 Å². The Morgan fingerprint density at radius 1 is 1.36 bits per heavy atom. The summed E-state index contributed by atoms with van der Waals surface area (Å²) >= 11 is 2.18. The third-order valence-corrected chi connectivity index (χ3v) is 2.42. The average molecular weight is 306 g/mol. The van der Waals surface area contributed by atoms with E-state index in [9.17, 15) is 4.79 Å². The minimum atomic E-state index is -1.19. The molecule has 0 aromatic heterocycles. The zero-order valence-corrected chi connectivity index (χ0v) is 10.1. The maximum absolute atomic E-state index is 10.8. The largest absolute Gasteiger partial charge is 0.478 e. The van der Waals surface area contributed by atoms with Crippen LogP contribution in [-0.4, -0.2) is 16.7 Å². The fourth-order valence-electron chi connectivity index (χ4n) is 0.841. The van der Waals surface area contributed by atoms with E-state index in [1.54, 1.807) is 12.1 Å². The fourth-order valence-corrected chi connectivity index (χ4v) is 1.20. The van der Waals surface area contributed by atoms with Crippen LogP contribution >= 0.6 is 22.6 Å². The zero-order chi connectivity index (χ0) is 10.8. The van der Waals surface area contributed by atoms with Crippen molar-refractivity contribution in [2.24, 2.45) is 0 Å². The van der Waals surface area contributed by atoms with Gasteiger partial charge in [0.05, 0.1) is 0 Å². The number of carboxylic acid groups (broad SMARTS) is 1. The Labute approximate surface area is 96.2 Å². The number of hydrogen-bond donors (Lipinski definition) is 1. The molecule has 0 saturated carbocycles. The topological polar surface area (TPSA) is 46.5 Å². The molecule has 0 amide bonds. The third kappa shape index (κ3) is 2.87. The number of aliphatic carboxylic acids is 1. The van der Waals surface area contributed by atoms with Crippen molar-refractivity contribution in [3.8, 4) is 5.75 Å². The van der Waals surface area contributed by atoms with Crippen LogP contribution in [0.3, 0.4) is 0 Å². The minimum absolute atomic E-state index is 0.567. The van der Waals surface area contributed by atoms with Crippen LogP contribution in [0, 0.1) is 3.57 Å². The molecule has 3 nitrogen and oxygen atoms in total. The summed E-state index contributed by atoms with van der Waals surface area (Å²) in [5.74, 6) is -0.408. The van der Waals surface area contributed by atoms with Gasteiger partial charge in [0.1, 0.15) is 5.75 Å². The van der Waals surface area contributed by atoms with Crippen LogP contribution < -0.4 is 4.74 Å². The Balaban J connectivity index is 2.79. The van der Waals surface area contributed by atoms with Crippen molar-refractivity contribution in [1.29, 1.82) is 0 Å². The van der Waals surface area contributed by atoms with E-state index in [2.05, 4.69) is 22.6 Å². The Kier molecular flexibility index (Phi) is 3.36. The Morgan fingerprint density at radius 3 is 2.29 bits per heavy atom. The van der Waals surface area contributed by atoms with Gasteiger partial charge in [-0.15, -0.1) is 0 Å². The molecule has 76 valence electrons. The molecule has 0 atom stereocenters. The molecule has 1 aromatic rings. The smallest absolute Gasteiger partial charge is 0.347 e. The zero-order valence-electron chi connectivity index (χ0n) is 7.95. The standard InChI is InChI=1S/C10H11IO3/c1-10(2,9(12)13)14-8-5-3-7(11)4-6-8/h3-6H,1-2H3,(H,12,13). The second kappa shape index (κ2) is 4.16.